The normalized spacial score (nSPS) is 34.6. The fraction of sp³-hybridized carbons (Fsp3) is 0.562. The highest BCUT2D eigenvalue weighted by Gasteiger charge is 2.64. The van der Waals surface area contributed by atoms with E-state index in [1.807, 2.05) is 12.1 Å². The molecular formula is C16H20N2O2. The van der Waals surface area contributed by atoms with Gasteiger partial charge in [-0.15, -0.1) is 0 Å². The van der Waals surface area contributed by atoms with Crippen molar-refractivity contribution in [2.45, 2.75) is 25.2 Å². The third-order valence-electron chi connectivity index (χ3n) is 5.41. The van der Waals surface area contributed by atoms with Gasteiger partial charge in [-0.05, 0) is 43.5 Å². The predicted molar refractivity (Wildman–Crippen MR) is 75.6 cm³/mol. The molecule has 1 aliphatic carbocycles. The largest absolute Gasteiger partial charge is 0.493 e. The summed E-state index contributed by atoms with van der Waals surface area (Å²) in [6.45, 7) is 2.68. The van der Waals surface area contributed by atoms with Crippen LogP contribution in [0, 0.1) is 11.3 Å². The molecule has 3 N–H and O–H groups in total. The molecule has 20 heavy (non-hydrogen) atoms. The molecule has 1 saturated carbocycles. The molecule has 2 heterocycles. The van der Waals surface area contributed by atoms with Crippen molar-refractivity contribution in [1.29, 1.82) is 0 Å². The highest BCUT2D eigenvalue weighted by atomic mass is 16.5. The standard InChI is InChI=1S/C16H20N2O2/c17-15(19)16(10-4-6-18-9-10)8-13(16)11-2-1-3-14-12(11)5-7-20-14/h1-3,10,13,18H,4-9H2,(H2,17,19). The van der Waals surface area contributed by atoms with Gasteiger partial charge >= 0.3 is 0 Å². The molecule has 0 aromatic heterocycles. The van der Waals surface area contributed by atoms with Gasteiger partial charge in [-0.25, -0.2) is 0 Å². The van der Waals surface area contributed by atoms with E-state index in [0.29, 0.717) is 11.8 Å². The maximum absolute atomic E-state index is 12.1. The van der Waals surface area contributed by atoms with Crippen LogP contribution in [0.25, 0.3) is 0 Å². The Morgan fingerprint density at radius 3 is 3.10 bits per heavy atom. The third kappa shape index (κ3) is 1.54. The first kappa shape index (κ1) is 12.2. The Morgan fingerprint density at radius 2 is 2.35 bits per heavy atom. The highest BCUT2D eigenvalue weighted by Crippen LogP contribution is 2.65. The van der Waals surface area contributed by atoms with Crippen LogP contribution in [0.3, 0.4) is 0 Å². The van der Waals surface area contributed by atoms with Crippen molar-refractivity contribution in [1.82, 2.24) is 5.32 Å². The zero-order chi connectivity index (χ0) is 13.7. The molecule has 3 aliphatic rings. The molecule has 2 fully saturated rings. The Balaban J connectivity index is 1.71. The van der Waals surface area contributed by atoms with Crippen molar-refractivity contribution in [2.24, 2.45) is 17.1 Å². The van der Waals surface area contributed by atoms with Crippen LogP contribution < -0.4 is 15.8 Å². The van der Waals surface area contributed by atoms with Gasteiger partial charge in [0.2, 0.25) is 5.91 Å². The Bertz CT molecular complexity index is 566. The molecule has 1 amide bonds. The molecule has 0 bridgehead atoms. The molecule has 0 spiro atoms. The zero-order valence-corrected chi connectivity index (χ0v) is 11.5. The Morgan fingerprint density at radius 1 is 1.45 bits per heavy atom. The summed E-state index contributed by atoms with van der Waals surface area (Å²) >= 11 is 0. The first-order chi connectivity index (χ1) is 9.73. The van der Waals surface area contributed by atoms with Crippen LogP contribution in [0.4, 0.5) is 0 Å². The van der Waals surface area contributed by atoms with Crippen LogP contribution in [0.5, 0.6) is 5.75 Å². The number of amides is 1. The van der Waals surface area contributed by atoms with Crippen molar-refractivity contribution < 1.29 is 9.53 Å². The van der Waals surface area contributed by atoms with Crippen molar-refractivity contribution in [3.05, 3.63) is 29.3 Å². The van der Waals surface area contributed by atoms with Gasteiger partial charge in [0.1, 0.15) is 5.75 Å². The Kier molecular flexibility index (Phi) is 2.58. The molecule has 106 valence electrons. The smallest absolute Gasteiger partial charge is 0.224 e. The van der Waals surface area contributed by atoms with Crippen LogP contribution in [0.1, 0.15) is 29.9 Å². The second kappa shape index (κ2) is 4.22. The number of fused-ring (bicyclic) bond motifs is 1. The van der Waals surface area contributed by atoms with E-state index < -0.39 is 0 Å². The first-order valence-electron chi connectivity index (χ1n) is 7.48. The van der Waals surface area contributed by atoms with E-state index in [4.69, 9.17) is 10.5 Å². The van der Waals surface area contributed by atoms with Crippen LogP contribution in [0.15, 0.2) is 18.2 Å². The second-order valence-electron chi connectivity index (χ2n) is 6.27. The maximum atomic E-state index is 12.1. The summed E-state index contributed by atoms with van der Waals surface area (Å²) in [5.74, 6) is 1.56. The lowest BCUT2D eigenvalue weighted by Gasteiger charge is -2.21. The molecule has 4 nitrogen and oxygen atoms in total. The minimum atomic E-state index is -0.318. The number of ether oxygens (including phenoxy) is 1. The van der Waals surface area contributed by atoms with E-state index >= 15 is 0 Å². The SMILES string of the molecule is NC(=O)C1(C2CCNC2)CC1c1cccc2c1CCO2. The maximum Gasteiger partial charge on any atom is 0.224 e. The quantitative estimate of drug-likeness (QED) is 0.868. The number of rotatable bonds is 3. The number of primary amides is 1. The molecule has 2 aliphatic heterocycles. The summed E-state index contributed by atoms with van der Waals surface area (Å²) in [5.41, 5.74) is 8.06. The van der Waals surface area contributed by atoms with Crippen molar-refractivity contribution >= 4 is 5.91 Å². The Hall–Kier alpha value is -1.55. The number of hydrogen-bond donors (Lipinski definition) is 2. The Labute approximate surface area is 118 Å². The summed E-state index contributed by atoms with van der Waals surface area (Å²) in [6.07, 6.45) is 2.93. The van der Waals surface area contributed by atoms with Gasteiger partial charge in [-0.2, -0.15) is 0 Å². The van der Waals surface area contributed by atoms with Crippen LogP contribution in [0.2, 0.25) is 0 Å². The van der Waals surface area contributed by atoms with E-state index in [1.165, 1.54) is 11.1 Å². The highest BCUT2D eigenvalue weighted by molar-refractivity contribution is 5.86. The molecule has 0 radical (unpaired) electrons. The van der Waals surface area contributed by atoms with E-state index in [9.17, 15) is 4.79 Å². The summed E-state index contributed by atoms with van der Waals surface area (Å²) in [7, 11) is 0. The minimum absolute atomic E-state index is 0.118. The third-order valence-corrected chi connectivity index (χ3v) is 5.41. The lowest BCUT2D eigenvalue weighted by Crippen LogP contribution is -2.34. The first-order valence-corrected chi connectivity index (χ1v) is 7.48. The van der Waals surface area contributed by atoms with Crippen molar-refractivity contribution in [2.75, 3.05) is 19.7 Å². The van der Waals surface area contributed by atoms with Crippen LogP contribution in [-0.4, -0.2) is 25.6 Å². The molecule has 1 aromatic carbocycles. The number of carbonyl (C=O) groups is 1. The number of benzene rings is 1. The van der Waals surface area contributed by atoms with E-state index in [2.05, 4.69) is 11.4 Å². The van der Waals surface area contributed by atoms with Crippen molar-refractivity contribution in [3.8, 4) is 5.75 Å². The van der Waals surface area contributed by atoms with E-state index in [1.54, 1.807) is 0 Å². The summed E-state index contributed by atoms with van der Waals surface area (Å²) in [4.78, 5) is 12.1. The number of nitrogens with two attached hydrogens (primary N) is 1. The summed E-state index contributed by atoms with van der Waals surface area (Å²) in [5, 5.41) is 3.37. The van der Waals surface area contributed by atoms with E-state index in [-0.39, 0.29) is 11.3 Å². The zero-order valence-electron chi connectivity index (χ0n) is 11.5. The monoisotopic (exact) mass is 272 g/mol. The van der Waals surface area contributed by atoms with E-state index in [0.717, 1.165) is 44.7 Å². The molecular weight excluding hydrogens is 252 g/mol. The fourth-order valence-corrected chi connectivity index (χ4v) is 4.26. The molecule has 1 saturated heterocycles. The van der Waals surface area contributed by atoms with Gasteiger partial charge in [0.05, 0.1) is 12.0 Å². The summed E-state index contributed by atoms with van der Waals surface area (Å²) < 4.78 is 5.64. The number of carbonyl (C=O) groups excluding carboxylic acids is 1. The van der Waals surface area contributed by atoms with Gasteiger partial charge in [-0.1, -0.05) is 12.1 Å². The van der Waals surface area contributed by atoms with Gasteiger partial charge < -0.3 is 15.8 Å². The van der Waals surface area contributed by atoms with Crippen LogP contribution in [-0.2, 0) is 11.2 Å². The topological polar surface area (TPSA) is 64.4 Å². The minimum Gasteiger partial charge on any atom is -0.493 e. The van der Waals surface area contributed by atoms with Gasteiger partial charge in [-0.3, -0.25) is 4.79 Å². The lowest BCUT2D eigenvalue weighted by molar-refractivity contribution is -0.125. The average Bonchev–Trinajstić information content (AvgIpc) is 2.85. The second-order valence-corrected chi connectivity index (χ2v) is 6.27. The van der Waals surface area contributed by atoms with Crippen molar-refractivity contribution in [3.63, 3.8) is 0 Å². The number of nitrogens with one attached hydrogen (secondary N) is 1. The van der Waals surface area contributed by atoms with Gasteiger partial charge in [0.15, 0.2) is 0 Å². The average molecular weight is 272 g/mol. The molecule has 3 unspecified atom stereocenters. The lowest BCUT2D eigenvalue weighted by atomic mass is 9.82. The summed E-state index contributed by atoms with van der Waals surface area (Å²) in [6, 6.07) is 6.22. The fourth-order valence-electron chi connectivity index (χ4n) is 4.26. The molecule has 1 aromatic rings. The molecule has 4 rings (SSSR count). The van der Waals surface area contributed by atoms with Gasteiger partial charge in [0, 0.05) is 17.9 Å². The van der Waals surface area contributed by atoms with Crippen LogP contribution >= 0.6 is 0 Å². The predicted octanol–water partition coefficient (Wildman–Crippen LogP) is 1.19. The number of hydrogen-bond acceptors (Lipinski definition) is 3. The molecule has 3 atom stereocenters. The molecule has 4 heteroatoms. The van der Waals surface area contributed by atoms with Gasteiger partial charge in [0.25, 0.3) is 0 Å².